The van der Waals surface area contributed by atoms with Crippen molar-refractivity contribution in [2.45, 2.75) is 19.8 Å². The van der Waals surface area contributed by atoms with Crippen molar-refractivity contribution in [3.05, 3.63) is 66.7 Å². The van der Waals surface area contributed by atoms with Crippen molar-refractivity contribution in [1.82, 2.24) is 9.97 Å². The minimum absolute atomic E-state index is 0.818. The average Bonchev–Trinajstić information content (AvgIpc) is 2.80. The molecule has 2 heterocycles. The van der Waals surface area contributed by atoms with Crippen molar-refractivity contribution in [3.63, 3.8) is 0 Å². The molecule has 0 amide bonds. The maximum absolute atomic E-state index is 4.91. The topological polar surface area (TPSA) is 44.3 Å². The smallest absolute Gasteiger partial charge is 0.227 e. The molecule has 4 rings (SSSR count). The van der Waals surface area contributed by atoms with E-state index in [1.807, 2.05) is 6.07 Å². The second-order valence-electron chi connectivity index (χ2n) is 7.39. The van der Waals surface area contributed by atoms with Crippen LogP contribution in [0.2, 0.25) is 0 Å². The molecule has 29 heavy (non-hydrogen) atoms. The maximum Gasteiger partial charge on any atom is 0.227 e. The summed E-state index contributed by atoms with van der Waals surface area (Å²) in [6, 6.07) is 23.0. The van der Waals surface area contributed by atoms with Gasteiger partial charge in [-0.3, -0.25) is 0 Å². The summed E-state index contributed by atoms with van der Waals surface area (Å²) in [7, 11) is 0. The van der Waals surface area contributed by atoms with E-state index in [1.54, 1.807) is 0 Å². The summed E-state index contributed by atoms with van der Waals surface area (Å²) in [5, 5.41) is 3.48. The summed E-state index contributed by atoms with van der Waals surface area (Å²) >= 11 is 0. The lowest BCUT2D eigenvalue weighted by atomic mass is 10.1. The summed E-state index contributed by atoms with van der Waals surface area (Å²) in [6.07, 6.45) is 2.30. The molecule has 1 aromatic heterocycles. The Balaban J connectivity index is 1.53. The first-order valence-corrected chi connectivity index (χ1v) is 10.6. The third-order valence-electron chi connectivity index (χ3n) is 5.30. The van der Waals surface area contributed by atoms with Crippen LogP contribution in [0.5, 0.6) is 0 Å². The number of rotatable bonds is 7. The highest BCUT2D eigenvalue weighted by Crippen LogP contribution is 2.24. The zero-order valence-electron chi connectivity index (χ0n) is 17.1. The standard InChI is InChI=1S/C24H29N5/c1-2-3-14-25-23-19-22(20-10-6-4-7-11-20)26-24(27-23)29-17-15-28(16-18-29)21-12-8-5-9-13-21/h4-13,19H,2-3,14-18H2,1H3,(H,25,26,27). The summed E-state index contributed by atoms with van der Waals surface area (Å²) in [4.78, 5) is 14.5. The third-order valence-corrected chi connectivity index (χ3v) is 5.30. The minimum atomic E-state index is 0.818. The fourth-order valence-corrected chi connectivity index (χ4v) is 3.62. The molecule has 1 aliphatic heterocycles. The van der Waals surface area contributed by atoms with Gasteiger partial charge in [0.25, 0.3) is 0 Å². The molecule has 0 aliphatic carbocycles. The van der Waals surface area contributed by atoms with Gasteiger partial charge in [-0.1, -0.05) is 61.9 Å². The van der Waals surface area contributed by atoms with Gasteiger partial charge in [0, 0.05) is 50.0 Å². The monoisotopic (exact) mass is 387 g/mol. The molecule has 1 N–H and O–H groups in total. The predicted molar refractivity (Wildman–Crippen MR) is 122 cm³/mol. The molecule has 2 aromatic carbocycles. The molecule has 0 bridgehead atoms. The van der Waals surface area contributed by atoms with Crippen LogP contribution in [0.15, 0.2) is 66.7 Å². The molecule has 0 radical (unpaired) electrons. The van der Waals surface area contributed by atoms with Crippen molar-refractivity contribution in [2.75, 3.05) is 47.8 Å². The van der Waals surface area contributed by atoms with Gasteiger partial charge in [0.15, 0.2) is 0 Å². The Morgan fingerprint density at radius 1 is 0.828 bits per heavy atom. The van der Waals surface area contributed by atoms with Crippen LogP contribution in [0.25, 0.3) is 11.3 Å². The fraction of sp³-hybridized carbons (Fsp3) is 0.333. The normalized spacial score (nSPS) is 14.1. The van der Waals surface area contributed by atoms with Crippen molar-refractivity contribution < 1.29 is 0 Å². The number of nitrogens with one attached hydrogen (secondary N) is 1. The number of hydrogen-bond acceptors (Lipinski definition) is 5. The molecule has 0 spiro atoms. The first kappa shape index (κ1) is 19.2. The summed E-state index contributed by atoms with van der Waals surface area (Å²) in [5.41, 5.74) is 3.38. The van der Waals surface area contributed by atoms with Gasteiger partial charge in [0.2, 0.25) is 5.95 Å². The quantitative estimate of drug-likeness (QED) is 0.596. The first-order valence-electron chi connectivity index (χ1n) is 10.6. The summed E-state index contributed by atoms with van der Waals surface area (Å²) in [5.74, 6) is 1.73. The van der Waals surface area contributed by atoms with Crippen LogP contribution in [0.3, 0.4) is 0 Å². The van der Waals surface area contributed by atoms with Crippen LogP contribution < -0.4 is 15.1 Å². The van der Waals surface area contributed by atoms with Gasteiger partial charge < -0.3 is 15.1 Å². The number of benzene rings is 2. The van der Waals surface area contributed by atoms with Crippen molar-refractivity contribution >= 4 is 17.5 Å². The van der Waals surface area contributed by atoms with Crippen molar-refractivity contribution in [3.8, 4) is 11.3 Å². The number of anilines is 3. The van der Waals surface area contributed by atoms with Crippen LogP contribution >= 0.6 is 0 Å². The van der Waals surface area contributed by atoms with E-state index in [0.29, 0.717) is 0 Å². The molecule has 1 aliphatic rings. The van der Waals surface area contributed by atoms with E-state index in [1.165, 1.54) is 5.69 Å². The molecule has 0 saturated carbocycles. The Morgan fingerprint density at radius 2 is 1.48 bits per heavy atom. The minimum Gasteiger partial charge on any atom is -0.370 e. The Labute approximate surface area is 173 Å². The molecule has 0 unspecified atom stereocenters. The SMILES string of the molecule is CCCCNc1cc(-c2ccccc2)nc(N2CCN(c3ccccc3)CC2)n1. The van der Waals surface area contributed by atoms with Crippen LogP contribution in [-0.2, 0) is 0 Å². The fourth-order valence-electron chi connectivity index (χ4n) is 3.62. The van der Waals surface area contributed by atoms with E-state index in [4.69, 9.17) is 9.97 Å². The first-order chi connectivity index (χ1) is 14.3. The van der Waals surface area contributed by atoms with Crippen LogP contribution in [0.4, 0.5) is 17.5 Å². The Morgan fingerprint density at radius 3 is 2.17 bits per heavy atom. The summed E-state index contributed by atoms with van der Waals surface area (Å²) in [6.45, 7) is 6.92. The van der Waals surface area contributed by atoms with Crippen molar-refractivity contribution in [2.24, 2.45) is 0 Å². The number of piperazine rings is 1. The second kappa shape index (κ2) is 9.41. The van der Waals surface area contributed by atoms with Crippen LogP contribution in [0.1, 0.15) is 19.8 Å². The lowest BCUT2D eigenvalue weighted by Crippen LogP contribution is -2.47. The van der Waals surface area contributed by atoms with E-state index < -0.39 is 0 Å². The maximum atomic E-state index is 4.91. The highest BCUT2D eigenvalue weighted by molar-refractivity contribution is 5.64. The van der Waals surface area contributed by atoms with E-state index in [-0.39, 0.29) is 0 Å². The number of hydrogen-bond donors (Lipinski definition) is 1. The van der Waals surface area contributed by atoms with E-state index in [9.17, 15) is 0 Å². The molecular formula is C24H29N5. The molecule has 0 atom stereocenters. The van der Waals surface area contributed by atoms with Gasteiger partial charge in [-0.2, -0.15) is 4.98 Å². The largest absolute Gasteiger partial charge is 0.370 e. The molecule has 1 fully saturated rings. The number of unbranched alkanes of at least 4 members (excludes halogenated alkanes) is 1. The highest BCUT2D eigenvalue weighted by atomic mass is 15.3. The lowest BCUT2D eigenvalue weighted by Gasteiger charge is -2.36. The van der Waals surface area contributed by atoms with E-state index >= 15 is 0 Å². The van der Waals surface area contributed by atoms with Gasteiger partial charge in [-0.15, -0.1) is 0 Å². The van der Waals surface area contributed by atoms with Crippen LogP contribution in [-0.4, -0.2) is 42.7 Å². The van der Waals surface area contributed by atoms with E-state index in [0.717, 1.165) is 68.6 Å². The van der Waals surface area contributed by atoms with Gasteiger partial charge >= 0.3 is 0 Å². The Kier molecular flexibility index (Phi) is 6.25. The zero-order valence-corrected chi connectivity index (χ0v) is 17.1. The third kappa shape index (κ3) is 4.86. The van der Waals surface area contributed by atoms with Gasteiger partial charge in [-0.05, 0) is 18.6 Å². The Hall–Kier alpha value is -3.08. The second-order valence-corrected chi connectivity index (χ2v) is 7.39. The molecule has 5 nitrogen and oxygen atoms in total. The van der Waals surface area contributed by atoms with Gasteiger partial charge in [0.05, 0.1) is 5.69 Å². The number of nitrogens with zero attached hydrogens (tertiary/aromatic N) is 4. The predicted octanol–water partition coefficient (Wildman–Crippen LogP) is 4.68. The zero-order chi connectivity index (χ0) is 19.9. The van der Waals surface area contributed by atoms with Gasteiger partial charge in [0.1, 0.15) is 5.82 Å². The van der Waals surface area contributed by atoms with E-state index in [2.05, 4.69) is 82.7 Å². The van der Waals surface area contributed by atoms with Crippen LogP contribution in [0, 0.1) is 0 Å². The molecule has 1 saturated heterocycles. The van der Waals surface area contributed by atoms with Gasteiger partial charge in [-0.25, -0.2) is 4.98 Å². The molecule has 5 heteroatoms. The molecular weight excluding hydrogens is 358 g/mol. The molecule has 3 aromatic rings. The van der Waals surface area contributed by atoms with Crippen molar-refractivity contribution in [1.29, 1.82) is 0 Å². The average molecular weight is 388 g/mol. The molecule has 150 valence electrons. The number of aromatic nitrogens is 2. The highest BCUT2D eigenvalue weighted by Gasteiger charge is 2.20. The number of para-hydroxylation sites is 1. The Bertz CT molecular complexity index is 890. The summed E-state index contributed by atoms with van der Waals surface area (Å²) < 4.78 is 0. The lowest BCUT2D eigenvalue weighted by molar-refractivity contribution is 0.640.